The molecule has 0 saturated heterocycles. The van der Waals surface area contributed by atoms with E-state index < -0.39 is 17.2 Å². The summed E-state index contributed by atoms with van der Waals surface area (Å²) in [5.41, 5.74) is -0.292. The standard InChI is InChI=1S/C21H13N5O4S/c27-18(11-8-14-17(22-10-11)24-20(29)25-19(14)28)26-21-23-15-7-6-13(9-16(15)31-21)30-12-4-2-1-3-5-12/h1-10H,(H,23,26,27)(H2,22,24,25,28,29). The average molecular weight is 431 g/mol. The predicted octanol–water partition coefficient (Wildman–Crippen LogP) is 3.27. The molecule has 0 aliphatic rings. The largest absolute Gasteiger partial charge is 0.457 e. The number of carbonyl (C=O) groups excluding carboxylic acids is 1. The van der Waals surface area contributed by atoms with Crippen molar-refractivity contribution >= 4 is 43.6 Å². The Morgan fingerprint density at radius 1 is 1.00 bits per heavy atom. The number of nitrogens with zero attached hydrogens (tertiary/aromatic N) is 2. The number of thiazole rings is 1. The molecule has 5 aromatic rings. The number of aromatic nitrogens is 4. The van der Waals surface area contributed by atoms with E-state index in [0.29, 0.717) is 16.4 Å². The van der Waals surface area contributed by atoms with E-state index in [-0.39, 0.29) is 16.6 Å². The number of para-hydroxylation sites is 1. The number of benzene rings is 2. The summed E-state index contributed by atoms with van der Waals surface area (Å²) >= 11 is 1.29. The Labute approximate surface area is 177 Å². The smallest absolute Gasteiger partial charge is 0.327 e. The Morgan fingerprint density at radius 3 is 2.68 bits per heavy atom. The maximum absolute atomic E-state index is 12.6. The van der Waals surface area contributed by atoms with Crippen molar-refractivity contribution < 1.29 is 9.53 Å². The third-order valence-corrected chi connectivity index (χ3v) is 5.35. The molecule has 9 nitrogen and oxygen atoms in total. The Balaban J connectivity index is 1.39. The summed E-state index contributed by atoms with van der Waals surface area (Å²) in [6.45, 7) is 0. The molecule has 0 saturated carbocycles. The molecular formula is C21H13N5O4S. The highest BCUT2D eigenvalue weighted by atomic mass is 32.1. The van der Waals surface area contributed by atoms with Gasteiger partial charge in [0.1, 0.15) is 17.1 Å². The van der Waals surface area contributed by atoms with Crippen LogP contribution in [0.5, 0.6) is 11.5 Å². The number of pyridine rings is 1. The molecule has 0 radical (unpaired) electrons. The maximum atomic E-state index is 12.6. The van der Waals surface area contributed by atoms with Crippen molar-refractivity contribution in [3.63, 3.8) is 0 Å². The van der Waals surface area contributed by atoms with E-state index >= 15 is 0 Å². The van der Waals surface area contributed by atoms with Gasteiger partial charge in [0.25, 0.3) is 11.5 Å². The second-order valence-corrected chi connectivity index (χ2v) is 7.58. The third-order valence-electron chi connectivity index (χ3n) is 4.41. The molecular weight excluding hydrogens is 418 g/mol. The molecule has 5 rings (SSSR count). The fraction of sp³-hybridized carbons (Fsp3) is 0. The molecule has 0 bridgehead atoms. The summed E-state index contributed by atoms with van der Waals surface area (Å²) in [5, 5.41) is 3.22. The van der Waals surface area contributed by atoms with E-state index in [2.05, 4.69) is 25.3 Å². The highest BCUT2D eigenvalue weighted by Gasteiger charge is 2.13. The van der Waals surface area contributed by atoms with Gasteiger partial charge in [-0.3, -0.25) is 24.9 Å². The van der Waals surface area contributed by atoms with Crippen molar-refractivity contribution in [1.29, 1.82) is 0 Å². The first-order valence-electron chi connectivity index (χ1n) is 9.12. The Kier molecular flexibility index (Phi) is 4.53. The topological polar surface area (TPSA) is 130 Å². The molecule has 31 heavy (non-hydrogen) atoms. The van der Waals surface area contributed by atoms with Gasteiger partial charge in [0.15, 0.2) is 5.13 Å². The van der Waals surface area contributed by atoms with Crippen LogP contribution in [0.2, 0.25) is 0 Å². The van der Waals surface area contributed by atoms with Crippen molar-refractivity contribution in [1.82, 2.24) is 19.9 Å². The number of amides is 1. The van der Waals surface area contributed by atoms with Crippen LogP contribution in [0, 0.1) is 0 Å². The number of aromatic amines is 2. The molecule has 0 unspecified atom stereocenters. The molecule has 2 aromatic carbocycles. The van der Waals surface area contributed by atoms with Crippen LogP contribution >= 0.6 is 11.3 Å². The fourth-order valence-corrected chi connectivity index (χ4v) is 3.88. The summed E-state index contributed by atoms with van der Waals surface area (Å²) in [5.74, 6) is 0.909. The number of nitrogens with one attached hydrogen (secondary N) is 3. The fourth-order valence-electron chi connectivity index (χ4n) is 2.99. The van der Waals surface area contributed by atoms with Crippen molar-refractivity contribution in [3.05, 3.63) is 87.2 Å². The van der Waals surface area contributed by atoms with Crippen molar-refractivity contribution in [2.45, 2.75) is 0 Å². The molecule has 0 atom stereocenters. The van der Waals surface area contributed by atoms with Gasteiger partial charge < -0.3 is 4.74 Å². The zero-order chi connectivity index (χ0) is 21.4. The number of fused-ring (bicyclic) bond motifs is 2. The molecule has 0 spiro atoms. The number of carbonyl (C=O) groups is 1. The minimum Gasteiger partial charge on any atom is -0.457 e. The van der Waals surface area contributed by atoms with Crippen LogP contribution in [0.3, 0.4) is 0 Å². The van der Waals surface area contributed by atoms with Crippen molar-refractivity contribution in [3.8, 4) is 11.5 Å². The summed E-state index contributed by atoms with van der Waals surface area (Å²) in [6.07, 6.45) is 1.28. The average Bonchev–Trinajstić information content (AvgIpc) is 3.15. The lowest BCUT2D eigenvalue weighted by atomic mass is 10.2. The summed E-state index contributed by atoms with van der Waals surface area (Å²) in [4.78, 5) is 48.8. The van der Waals surface area contributed by atoms with Gasteiger partial charge in [-0.15, -0.1) is 0 Å². The Morgan fingerprint density at radius 2 is 1.84 bits per heavy atom. The highest BCUT2D eigenvalue weighted by Crippen LogP contribution is 2.31. The molecule has 0 fully saturated rings. The number of H-pyrrole nitrogens is 2. The van der Waals surface area contributed by atoms with Crippen LogP contribution in [-0.4, -0.2) is 25.8 Å². The van der Waals surface area contributed by atoms with E-state index in [1.165, 1.54) is 23.6 Å². The first-order chi connectivity index (χ1) is 15.0. The van der Waals surface area contributed by atoms with Gasteiger partial charge in [0, 0.05) is 12.3 Å². The molecule has 0 aliphatic heterocycles. The van der Waals surface area contributed by atoms with Crippen LogP contribution in [0.15, 0.2) is 70.4 Å². The molecule has 3 N–H and O–H groups in total. The van der Waals surface area contributed by atoms with E-state index in [1.54, 1.807) is 6.07 Å². The molecule has 3 aromatic heterocycles. The monoisotopic (exact) mass is 431 g/mol. The van der Waals surface area contributed by atoms with Crippen LogP contribution in [0.25, 0.3) is 21.3 Å². The van der Waals surface area contributed by atoms with Gasteiger partial charge in [-0.05, 0) is 30.3 Å². The Hall–Kier alpha value is -4.31. The highest BCUT2D eigenvalue weighted by molar-refractivity contribution is 7.22. The summed E-state index contributed by atoms with van der Waals surface area (Å²) in [7, 11) is 0. The minimum atomic E-state index is -0.660. The quantitative estimate of drug-likeness (QED) is 0.400. The zero-order valence-corrected chi connectivity index (χ0v) is 16.5. The van der Waals surface area contributed by atoms with E-state index in [1.807, 2.05) is 42.5 Å². The van der Waals surface area contributed by atoms with Gasteiger partial charge in [-0.1, -0.05) is 29.5 Å². The zero-order valence-electron chi connectivity index (χ0n) is 15.7. The van der Waals surface area contributed by atoms with Gasteiger partial charge in [-0.25, -0.2) is 14.8 Å². The van der Waals surface area contributed by atoms with Crippen molar-refractivity contribution in [2.24, 2.45) is 0 Å². The van der Waals surface area contributed by atoms with Gasteiger partial charge in [-0.2, -0.15) is 0 Å². The second-order valence-electron chi connectivity index (χ2n) is 6.55. The number of hydrogen-bond acceptors (Lipinski definition) is 7. The van der Waals surface area contributed by atoms with Crippen LogP contribution in [-0.2, 0) is 0 Å². The van der Waals surface area contributed by atoms with E-state index in [4.69, 9.17) is 4.74 Å². The van der Waals surface area contributed by atoms with Gasteiger partial charge in [0.2, 0.25) is 0 Å². The molecule has 152 valence electrons. The molecule has 1 amide bonds. The molecule has 10 heteroatoms. The van der Waals surface area contributed by atoms with E-state index in [9.17, 15) is 14.4 Å². The maximum Gasteiger partial charge on any atom is 0.327 e. The van der Waals surface area contributed by atoms with Crippen LogP contribution < -0.4 is 21.3 Å². The van der Waals surface area contributed by atoms with Crippen LogP contribution in [0.1, 0.15) is 10.4 Å². The number of ether oxygens (including phenoxy) is 1. The lowest BCUT2D eigenvalue weighted by Crippen LogP contribution is -2.23. The lowest BCUT2D eigenvalue weighted by Gasteiger charge is -2.04. The first kappa shape index (κ1) is 18.7. The SMILES string of the molecule is O=C(Nc1nc2ccc(Oc3ccccc3)cc2s1)c1cnc2[nH]c(=O)[nH]c(=O)c2c1. The number of hydrogen-bond donors (Lipinski definition) is 3. The Bertz CT molecular complexity index is 1560. The number of rotatable bonds is 4. The normalized spacial score (nSPS) is 11.0. The first-order valence-corrected chi connectivity index (χ1v) is 9.94. The number of anilines is 1. The molecule has 0 aliphatic carbocycles. The second kappa shape index (κ2) is 7.50. The van der Waals surface area contributed by atoms with Crippen molar-refractivity contribution in [2.75, 3.05) is 5.32 Å². The predicted molar refractivity (Wildman–Crippen MR) is 117 cm³/mol. The summed E-state index contributed by atoms with van der Waals surface area (Å²) < 4.78 is 6.67. The molecule has 3 heterocycles. The lowest BCUT2D eigenvalue weighted by molar-refractivity contribution is 0.102. The van der Waals surface area contributed by atoms with Gasteiger partial charge in [0.05, 0.1) is 21.2 Å². The third kappa shape index (κ3) is 3.79. The van der Waals surface area contributed by atoms with E-state index in [0.717, 1.165) is 10.4 Å². The minimum absolute atomic E-state index is 0.108. The van der Waals surface area contributed by atoms with Gasteiger partial charge >= 0.3 is 5.69 Å². The van der Waals surface area contributed by atoms with Crippen LogP contribution in [0.4, 0.5) is 5.13 Å². The summed E-state index contributed by atoms with van der Waals surface area (Å²) in [6, 6.07) is 16.3.